The van der Waals surface area contributed by atoms with Crippen molar-refractivity contribution in [3.05, 3.63) is 58.4 Å². The van der Waals surface area contributed by atoms with E-state index in [1.54, 1.807) is 11.3 Å². The van der Waals surface area contributed by atoms with Crippen LogP contribution in [0.1, 0.15) is 31.9 Å². The number of nitrogens with zero attached hydrogens (tertiary/aromatic N) is 1. The highest BCUT2D eigenvalue weighted by molar-refractivity contribution is 7.07. The smallest absolute Gasteiger partial charge is 0.0484 e. The summed E-state index contributed by atoms with van der Waals surface area (Å²) in [5.74, 6) is 0. The van der Waals surface area contributed by atoms with E-state index in [1.165, 1.54) is 22.0 Å². The van der Waals surface area contributed by atoms with Gasteiger partial charge in [-0.1, -0.05) is 6.07 Å². The lowest BCUT2D eigenvalue weighted by molar-refractivity contribution is 0.424. The Hall–Kier alpha value is -1.58. The summed E-state index contributed by atoms with van der Waals surface area (Å²) < 4.78 is 2.32. The predicted octanol–water partition coefficient (Wildman–Crippen LogP) is 4.64. The molecule has 0 aliphatic heterocycles. The number of rotatable bonds is 4. The molecule has 0 unspecified atom stereocenters. The molecule has 0 aliphatic carbocycles. The van der Waals surface area contributed by atoms with Gasteiger partial charge >= 0.3 is 0 Å². The molecule has 2 heterocycles. The van der Waals surface area contributed by atoms with Crippen LogP contribution in [0, 0.1) is 0 Å². The Labute approximate surface area is 130 Å². The number of aromatic nitrogens is 1. The molecule has 2 nitrogen and oxygen atoms in total. The van der Waals surface area contributed by atoms with E-state index in [2.05, 4.69) is 77.9 Å². The van der Waals surface area contributed by atoms with Gasteiger partial charge in [0, 0.05) is 30.3 Å². The van der Waals surface area contributed by atoms with Crippen molar-refractivity contribution in [2.24, 2.45) is 0 Å². The molecule has 0 radical (unpaired) electrons. The first-order valence-corrected chi connectivity index (χ1v) is 8.29. The van der Waals surface area contributed by atoms with E-state index in [9.17, 15) is 0 Å². The fourth-order valence-electron chi connectivity index (χ4n) is 2.44. The van der Waals surface area contributed by atoms with Crippen LogP contribution in [-0.2, 0) is 13.1 Å². The van der Waals surface area contributed by atoms with Gasteiger partial charge in [-0.3, -0.25) is 0 Å². The molecule has 0 saturated heterocycles. The minimum absolute atomic E-state index is 0.153. The SMILES string of the molecule is CC(C)(C)NCc1ccc2c(ccn2Cc2ccsc2)c1. The molecule has 3 heteroatoms. The van der Waals surface area contributed by atoms with Crippen molar-refractivity contribution in [3.63, 3.8) is 0 Å². The van der Waals surface area contributed by atoms with Crippen LogP contribution in [0.2, 0.25) is 0 Å². The molecule has 0 aliphatic rings. The molecule has 1 N–H and O–H groups in total. The van der Waals surface area contributed by atoms with Crippen molar-refractivity contribution < 1.29 is 0 Å². The van der Waals surface area contributed by atoms with Crippen LogP contribution in [0.5, 0.6) is 0 Å². The van der Waals surface area contributed by atoms with E-state index in [-0.39, 0.29) is 5.54 Å². The van der Waals surface area contributed by atoms with E-state index in [4.69, 9.17) is 0 Å². The maximum absolute atomic E-state index is 3.54. The highest BCUT2D eigenvalue weighted by Gasteiger charge is 2.09. The summed E-state index contributed by atoms with van der Waals surface area (Å²) in [6.45, 7) is 8.45. The number of fused-ring (bicyclic) bond motifs is 1. The number of hydrogen-bond acceptors (Lipinski definition) is 2. The highest BCUT2D eigenvalue weighted by atomic mass is 32.1. The second kappa shape index (κ2) is 5.66. The van der Waals surface area contributed by atoms with E-state index in [1.807, 2.05) is 0 Å². The van der Waals surface area contributed by atoms with Gasteiger partial charge in [0.2, 0.25) is 0 Å². The number of thiophene rings is 1. The molecule has 0 spiro atoms. The average molecular weight is 298 g/mol. The molecular weight excluding hydrogens is 276 g/mol. The summed E-state index contributed by atoms with van der Waals surface area (Å²) in [5.41, 5.74) is 4.17. The molecule has 1 aromatic carbocycles. The zero-order valence-electron chi connectivity index (χ0n) is 12.9. The Morgan fingerprint density at radius 2 is 1.95 bits per heavy atom. The van der Waals surface area contributed by atoms with Crippen molar-refractivity contribution in [1.29, 1.82) is 0 Å². The summed E-state index contributed by atoms with van der Waals surface area (Å²) in [6.07, 6.45) is 2.18. The van der Waals surface area contributed by atoms with Crippen molar-refractivity contribution in [3.8, 4) is 0 Å². The van der Waals surface area contributed by atoms with Crippen molar-refractivity contribution in [2.75, 3.05) is 0 Å². The van der Waals surface area contributed by atoms with Gasteiger partial charge in [-0.05, 0) is 72.3 Å². The van der Waals surface area contributed by atoms with Crippen LogP contribution in [0.25, 0.3) is 10.9 Å². The Bertz CT molecular complexity index is 717. The topological polar surface area (TPSA) is 17.0 Å². The molecule has 3 rings (SSSR count). The van der Waals surface area contributed by atoms with Crippen LogP contribution in [0.15, 0.2) is 47.3 Å². The molecule has 21 heavy (non-hydrogen) atoms. The van der Waals surface area contributed by atoms with Crippen molar-refractivity contribution in [2.45, 2.75) is 39.4 Å². The highest BCUT2D eigenvalue weighted by Crippen LogP contribution is 2.20. The Morgan fingerprint density at radius 1 is 1.10 bits per heavy atom. The summed E-state index contributed by atoms with van der Waals surface area (Å²) in [7, 11) is 0. The Kier molecular flexibility index (Phi) is 3.87. The molecule has 3 aromatic rings. The summed E-state index contributed by atoms with van der Waals surface area (Å²) in [4.78, 5) is 0. The molecule has 0 saturated carbocycles. The molecule has 0 fully saturated rings. The average Bonchev–Trinajstić information content (AvgIpc) is 3.06. The second-order valence-corrected chi connectivity index (χ2v) is 7.35. The van der Waals surface area contributed by atoms with Crippen molar-refractivity contribution >= 4 is 22.2 Å². The first-order valence-electron chi connectivity index (χ1n) is 7.35. The Balaban J connectivity index is 1.80. The zero-order valence-corrected chi connectivity index (χ0v) is 13.7. The number of nitrogens with one attached hydrogen (secondary N) is 1. The van der Waals surface area contributed by atoms with E-state index in [0.717, 1.165) is 13.1 Å². The Morgan fingerprint density at radius 3 is 2.67 bits per heavy atom. The van der Waals surface area contributed by atoms with Gasteiger partial charge in [-0.25, -0.2) is 0 Å². The lowest BCUT2D eigenvalue weighted by Crippen LogP contribution is -2.35. The third-order valence-electron chi connectivity index (χ3n) is 3.59. The first-order chi connectivity index (χ1) is 10.0. The molecule has 0 atom stereocenters. The maximum atomic E-state index is 3.54. The minimum Gasteiger partial charge on any atom is -0.343 e. The van der Waals surface area contributed by atoms with Gasteiger partial charge in [0.1, 0.15) is 0 Å². The molecular formula is C18H22N2S. The van der Waals surface area contributed by atoms with Gasteiger partial charge < -0.3 is 9.88 Å². The predicted molar refractivity (Wildman–Crippen MR) is 92.0 cm³/mol. The molecule has 0 bridgehead atoms. The van der Waals surface area contributed by atoms with Gasteiger partial charge in [0.15, 0.2) is 0 Å². The van der Waals surface area contributed by atoms with E-state index < -0.39 is 0 Å². The number of hydrogen-bond donors (Lipinski definition) is 1. The largest absolute Gasteiger partial charge is 0.343 e. The number of benzene rings is 1. The van der Waals surface area contributed by atoms with Crippen LogP contribution in [0.4, 0.5) is 0 Å². The van der Waals surface area contributed by atoms with Gasteiger partial charge in [-0.2, -0.15) is 11.3 Å². The van der Waals surface area contributed by atoms with E-state index >= 15 is 0 Å². The fraction of sp³-hybridized carbons (Fsp3) is 0.333. The first kappa shape index (κ1) is 14.4. The zero-order chi connectivity index (χ0) is 14.9. The van der Waals surface area contributed by atoms with Crippen LogP contribution < -0.4 is 5.32 Å². The third-order valence-corrected chi connectivity index (χ3v) is 4.32. The normalized spacial score (nSPS) is 12.1. The van der Waals surface area contributed by atoms with Gasteiger partial charge in [0.05, 0.1) is 0 Å². The molecule has 110 valence electrons. The summed E-state index contributed by atoms with van der Waals surface area (Å²) in [6, 6.07) is 11.2. The second-order valence-electron chi connectivity index (χ2n) is 6.57. The summed E-state index contributed by atoms with van der Waals surface area (Å²) in [5, 5.41) is 9.21. The van der Waals surface area contributed by atoms with Crippen LogP contribution >= 0.6 is 11.3 Å². The lowest BCUT2D eigenvalue weighted by atomic mass is 10.1. The third kappa shape index (κ3) is 3.55. The van der Waals surface area contributed by atoms with Crippen LogP contribution in [-0.4, -0.2) is 10.1 Å². The molecule has 0 amide bonds. The lowest BCUT2D eigenvalue weighted by Gasteiger charge is -2.20. The van der Waals surface area contributed by atoms with Crippen LogP contribution in [0.3, 0.4) is 0 Å². The van der Waals surface area contributed by atoms with Crippen molar-refractivity contribution in [1.82, 2.24) is 9.88 Å². The minimum atomic E-state index is 0.153. The van der Waals surface area contributed by atoms with Gasteiger partial charge in [-0.15, -0.1) is 0 Å². The monoisotopic (exact) mass is 298 g/mol. The maximum Gasteiger partial charge on any atom is 0.0484 e. The van der Waals surface area contributed by atoms with Gasteiger partial charge in [0.25, 0.3) is 0 Å². The fourth-order valence-corrected chi connectivity index (χ4v) is 3.10. The molecule has 2 aromatic heterocycles. The standard InChI is InChI=1S/C18H22N2S/c1-18(2,3)19-11-14-4-5-17-16(10-14)6-8-20(17)12-15-7-9-21-13-15/h4-10,13,19H,11-12H2,1-3H3. The van der Waals surface area contributed by atoms with E-state index in [0.29, 0.717) is 0 Å². The quantitative estimate of drug-likeness (QED) is 0.742. The summed E-state index contributed by atoms with van der Waals surface area (Å²) >= 11 is 1.76.